The van der Waals surface area contributed by atoms with Crippen LogP contribution in [0.1, 0.15) is 39.5 Å². The van der Waals surface area contributed by atoms with Crippen LogP contribution in [0.3, 0.4) is 0 Å². The molecule has 2 saturated heterocycles. The lowest BCUT2D eigenvalue weighted by Crippen LogP contribution is -2.41. The fourth-order valence-electron chi connectivity index (χ4n) is 3.40. The molecule has 17 heavy (non-hydrogen) atoms. The number of fused-ring (bicyclic) bond motifs is 2. The first-order valence-corrected chi connectivity index (χ1v) is 7.23. The molecule has 2 aliphatic heterocycles. The van der Waals surface area contributed by atoms with E-state index in [4.69, 9.17) is 4.74 Å². The van der Waals surface area contributed by atoms with Crippen LogP contribution in [0.15, 0.2) is 0 Å². The Morgan fingerprint density at radius 1 is 1.41 bits per heavy atom. The molecule has 4 unspecified atom stereocenters. The lowest BCUT2D eigenvalue weighted by atomic mass is 9.88. The standard InChI is InChI=1S/C14H28N2O/c1-4-11(2)16(7-8-17-3)10-12-9-13-5-6-14(12)15-13/h11-15H,4-10H2,1-3H3. The van der Waals surface area contributed by atoms with Crippen LogP contribution in [0.2, 0.25) is 0 Å². The van der Waals surface area contributed by atoms with Gasteiger partial charge in [-0.05, 0) is 38.5 Å². The molecular formula is C14H28N2O. The van der Waals surface area contributed by atoms with Gasteiger partial charge in [-0.3, -0.25) is 4.90 Å². The third kappa shape index (κ3) is 3.21. The van der Waals surface area contributed by atoms with Gasteiger partial charge in [-0.25, -0.2) is 0 Å². The van der Waals surface area contributed by atoms with Crippen molar-refractivity contribution < 1.29 is 4.74 Å². The van der Waals surface area contributed by atoms with E-state index < -0.39 is 0 Å². The lowest BCUT2D eigenvalue weighted by molar-refractivity contribution is 0.105. The third-order valence-electron chi connectivity index (χ3n) is 4.70. The summed E-state index contributed by atoms with van der Waals surface area (Å²) in [6.07, 6.45) is 5.43. The molecule has 0 aromatic rings. The second-order valence-corrected chi connectivity index (χ2v) is 5.79. The maximum absolute atomic E-state index is 5.24. The van der Waals surface area contributed by atoms with Gasteiger partial charge < -0.3 is 10.1 Å². The van der Waals surface area contributed by atoms with Gasteiger partial charge in [0.25, 0.3) is 0 Å². The number of nitrogens with one attached hydrogen (secondary N) is 1. The zero-order valence-electron chi connectivity index (χ0n) is 11.6. The second kappa shape index (κ2) is 6.17. The molecule has 0 spiro atoms. The molecule has 100 valence electrons. The molecule has 0 aromatic heterocycles. The van der Waals surface area contributed by atoms with E-state index in [1.165, 1.54) is 32.2 Å². The lowest BCUT2D eigenvalue weighted by Gasteiger charge is -2.33. The maximum Gasteiger partial charge on any atom is 0.0589 e. The Labute approximate surface area is 106 Å². The van der Waals surface area contributed by atoms with E-state index in [9.17, 15) is 0 Å². The summed E-state index contributed by atoms with van der Waals surface area (Å²) >= 11 is 0. The predicted octanol–water partition coefficient (Wildman–Crippen LogP) is 1.87. The van der Waals surface area contributed by atoms with Gasteiger partial charge in [0.2, 0.25) is 0 Å². The molecule has 0 aliphatic carbocycles. The minimum Gasteiger partial charge on any atom is -0.383 e. The molecule has 4 atom stereocenters. The van der Waals surface area contributed by atoms with Crippen LogP contribution in [0.5, 0.6) is 0 Å². The highest BCUT2D eigenvalue weighted by Gasteiger charge is 2.39. The number of hydrogen-bond acceptors (Lipinski definition) is 3. The van der Waals surface area contributed by atoms with Gasteiger partial charge >= 0.3 is 0 Å². The molecular weight excluding hydrogens is 212 g/mol. The highest BCUT2D eigenvalue weighted by molar-refractivity contribution is 4.98. The van der Waals surface area contributed by atoms with E-state index in [0.29, 0.717) is 6.04 Å². The first kappa shape index (κ1) is 13.3. The van der Waals surface area contributed by atoms with E-state index in [1.54, 1.807) is 7.11 Å². The first-order valence-electron chi connectivity index (χ1n) is 7.23. The van der Waals surface area contributed by atoms with Crippen LogP contribution in [0, 0.1) is 5.92 Å². The van der Waals surface area contributed by atoms with Gasteiger partial charge in [-0.2, -0.15) is 0 Å². The molecule has 3 heteroatoms. The summed E-state index contributed by atoms with van der Waals surface area (Å²) in [4.78, 5) is 2.62. The fourth-order valence-corrected chi connectivity index (χ4v) is 3.40. The summed E-state index contributed by atoms with van der Waals surface area (Å²) in [5.41, 5.74) is 0. The van der Waals surface area contributed by atoms with Gasteiger partial charge in [0.15, 0.2) is 0 Å². The van der Waals surface area contributed by atoms with Crippen LogP contribution in [-0.4, -0.2) is 49.8 Å². The Kier molecular flexibility index (Phi) is 4.83. The van der Waals surface area contributed by atoms with Crippen molar-refractivity contribution in [3.05, 3.63) is 0 Å². The minimum absolute atomic E-state index is 0.685. The monoisotopic (exact) mass is 240 g/mol. The molecule has 2 rings (SSSR count). The summed E-state index contributed by atoms with van der Waals surface area (Å²) in [6.45, 7) is 7.82. The summed E-state index contributed by atoms with van der Waals surface area (Å²) in [5.74, 6) is 0.875. The topological polar surface area (TPSA) is 24.5 Å². The van der Waals surface area contributed by atoms with Gasteiger partial charge in [0.05, 0.1) is 6.61 Å². The zero-order chi connectivity index (χ0) is 12.3. The molecule has 2 bridgehead atoms. The Morgan fingerprint density at radius 3 is 2.76 bits per heavy atom. The highest BCUT2D eigenvalue weighted by atomic mass is 16.5. The third-order valence-corrected chi connectivity index (χ3v) is 4.70. The first-order chi connectivity index (χ1) is 8.24. The van der Waals surface area contributed by atoms with Crippen molar-refractivity contribution in [2.75, 3.05) is 26.8 Å². The van der Waals surface area contributed by atoms with Gasteiger partial charge in [-0.15, -0.1) is 0 Å². The van der Waals surface area contributed by atoms with Crippen molar-refractivity contribution in [1.29, 1.82) is 0 Å². The highest BCUT2D eigenvalue weighted by Crippen LogP contribution is 2.33. The summed E-state index contributed by atoms with van der Waals surface area (Å²) < 4.78 is 5.24. The van der Waals surface area contributed by atoms with Crippen molar-refractivity contribution in [2.45, 2.75) is 57.7 Å². The van der Waals surface area contributed by atoms with E-state index in [1.807, 2.05) is 0 Å². The number of ether oxygens (including phenoxy) is 1. The van der Waals surface area contributed by atoms with Crippen molar-refractivity contribution in [3.63, 3.8) is 0 Å². The van der Waals surface area contributed by atoms with Crippen LogP contribution >= 0.6 is 0 Å². The Balaban J connectivity index is 1.83. The summed E-state index contributed by atoms with van der Waals surface area (Å²) in [7, 11) is 1.80. The molecule has 3 nitrogen and oxygen atoms in total. The fraction of sp³-hybridized carbons (Fsp3) is 1.00. The Hall–Kier alpha value is -0.120. The van der Waals surface area contributed by atoms with Crippen LogP contribution in [0.25, 0.3) is 0 Å². The van der Waals surface area contributed by atoms with E-state index >= 15 is 0 Å². The van der Waals surface area contributed by atoms with Crippen molar-refractivity contribution >= 4 is 0 Å². The quantitative estimate of drug-likeness (QED) is 0.735. The smallest absolute Gasteiger partial charge is 0.0589 e. The Bertz CT molecular complexity index is 234. The number of rotatable bonds is 7. The maximum atomic E-state index is 5.24. The van der Waals surface area contributed by atoms with Crippen molar-refractivity contribution in [3.8, 4) is 0 Å². The number of hydrogen-bond donors (Lipinski definition) is 1. The van der Waals surface area contributed by atoms with Crippen LogP contribution < -0.4 is 5.32 Å². The molecule has 0 saturated carbocycles. The number of nitrogens with zero attached hydrogens (tertiary/aromatic N) is 1. The predicted molar refractivity (Wildman–Crippen MR) is 71.3 cm³/mol. The normalized spacial score (nSPS) is 33.5. The van der Waals surface area contributed by atoms with E-state index in [0.717, 1.165) is 31.2 Å². The molecule has 0 amide bonds. The zero-order valence-corrected chi connectivity index (χ0v) is 11.6. The molecule has 1 N–H and O–H groups in total. The summed E-state index contributed by atoms with van der Waals surface area (Å²) in [6, 6.07) is 2.31. The molecule has 0 radical (unpaired) electrons. The average Bonchev–Trinajstić information content (AvgIpc) is 2.95. The molecule has 0 aromatic carbocycles. The van der Waals surface area contributed by atoms with Gasteiger partial charge in [0, 0.05) is 38.3 Å². The minimum atomic E-state index is 0.685. The largest absolute Gasteiger partial charge is 0.383 e. The average molecular weight is 240 g/mol. The molecule has 2 heterocycles. The van der Waals surface area contributed by atoms with Gasteiger partial charge in [-0.1, -0.05) is 6.92 Å². The Morgan fingerprint density at radius 2 is 2.24 bits per heavy atom. The van der Waals surface area contributed by atoms with Crippen molar-refractivity contribution in [1.82, 2.24) is 10.2 Å². The van der Waals surface area contributed by atoms with Crippen molar-refractivity contribution in [2.24, 2.45) is 5.92 Å². The van der Waals surface area contributed by atoms with E-state index in [2.05, 4.69) is 24.1 Å². The van der Waals surface area contributed by atoms with Crippen LogP contribution in [-0.2, 0) is 4.74 Å². The molecule has 2 aliphatic rings. The SMILES string of the molecule is CCC(C)N(CCOC)CC1CC2CCC1N2. The number of methoxy groups -OCH3 is 1. The van der Waals surface area contributed by atoms with E-state index in [-0.39, 0.29) is 0 Å². The summed E-state index contributed by atoms with van der Waals surface area (Å²) in [5, 5.41) is 3.74. The molecule has 2 fully saturated rings. The second-order valence-electron chi connectivity index (χ2n) is 5.79. The van der Waals surface area contributed by atoms with Crippen LogP contribution in [0.4, 0.5) is 0 Å². The van der Waals surface area contributed by atoms with Gasteiger partial charge in [0.1, 0.15) is 0 Å².